The van der Waals surface area contributed by atoms with E-state index in [4.69, 9.17) is 0 Å². The molecule has 2 atom stereocenters. The standard InChI is InChI=1S/C22H30FNO3/c23-17-6-4-5-16(11-17)12-22(20(26)27)15-24(10-7-19(22)25)18-13-21(14-18)8-2-1-3-9-21/h4-6,11,18-19,25H,1-3,7-10,12-15H2,(H,26,27)/t19-,22-/m1/s1. The molecule has 1 heterocycles. The summed E-state index contributed by atoms with van der Waals surface area (Å²) in [5.74, 6) is -1.34. The molecule has 148 valence electrons. The third-order valence-corrected chi connectivity index (χ3v) is 7.42. The predicted octanol–water partition coefficient (Wildman–Crippen LogP) is 3.62. The van der Waals surface area contributed by atoms with Crippen LogP contribution < -0.4 is 0 Å². The zero-order valence-electron chi connectivity index (χ0n) is 15.9. The van der Waals surface area contributed by atoms with Crippen molar-refractivity contribution in [2.24, 2.45) is 10.8 Å². The minimum atomic E-state index is -1.26. The highest BCUT2D eigenvalue weighted by molar-refractivity contribution is 5.76. The van der Waals surface area contributed by atoms with Crippen LogP contribution in [0, 0.1) is 16.6 Å². The normalized spacial score (nSPS) is 31.6. The molecule has 0 aromatic heterocycles. The van der Waals surface area contributed by atoms with Gasteiger partial charge in [-0.25, -0.2) is 4.39 Å². The highest BCUT2D eigenvalue weighted by atomic mass is 19.1. The molecular weight excluding hydrogens is 345 g/mol. The molecule has 5 heteroatoms. The van der Waals surface area contributed by atoms with E-state index in [1.807, 2.05) is 0 Å². The lowest BCUT2D eigenvalue weighted by Gasteiger charge is -2.57. The number of hydrogen-bond acceptors (Lipinski definition) is 3. The summed E-state index contributed by atoms with van der Waals surface area (Å²) in [6, 6.07) is 6.53. The van der Waals surface area contributed by atoms with Crippen LogP contribution in [0.5, 0.6) is 0 Å². The molecule has 27 heavy (non-hydrogen) atoms. The molecule has 4 rings (SSSR count). The monoisotopic (exact) mass is 375 g/mol. The number of rotatable bonds is 4. The third-order valence-electron chi connectivity index (χ3n) is 7.42. The van der Waals surface area contributed by atoms with E-state index in [-0.39, 0.29) is 12.2 Å². The first-order valence-corrected chi connectivity index (χ1v) is 10.3. The van der Waals surface area contributed by atoms with E-state index in [9.17, 15) is 19.4 Å². The maximum atomic E-state index is 13.6. The second-order valence-electron chi connectivity index (χ2n) is 9.17. The number of piperidine rings is 1. The van der Waals surface area contributed by atoms with Crippen LogP contribution in [-0.2, 0) is 11.2 Å². The molecule has 3 fully saturated rings. The summed E-state index contributed by atoms with van der Waals surface area (Å²) in [4.78, 5) is 14.6. The first-order chi connectivity index (χ1) is 12.9. The van der Waals surface area contributed by atoms with Gasteiger partial charge in [0.1, 0.15) is 11.2 Å². The molecule has 2 aliphatic carbocycles. The Labute approximate surface area is 160 Å². The topological polar surface area (TPSA) is 60.8 Å². The lowest BCUT2D eigenvalue weighted by molar-refractivity contribution is -0.168. The van der Waals surface area contributed by atoms with Gasteiger partial charge in [-0.05, 0) is 61.6 Å². The van der Waals surface area contributed by atoms with E-state index >= 15 is 0 Å². The van der Waals surface area contributed by atoms with Gasteiger partial charge in [-0.1, -0.05) is 31.4 Å². The van der Waals surface area contributed by atoms with Crippen LogP contribution in [0.3, 0.4) is 0 Å². The lowest BCUT2D eigenvalue weighted by Crippen LogP contribution is -2.62. The number of carboxylic acids is 1. The van der Waals surface area contributed by atoms with Crippen molar-refractivity contribution in [3.05, 3.63) is 35.6 Å². The maximum Gasteiger partial charge on any atom is 0.313 e. The third kappa shape index (κ3) is 3.52. The van der Waals surface area contributed by atoms with Crippen molar-refractivity contribution in [1.29, 1.82) is 0 Å². The van der Waals surface area contributed by atoms with Crippen molar-refractivity contribution in [1.82, 2.24) is 4.90 Å². The molecule has 1 spiro atoms. The minimum absolute atomic E-state index is 0.162. The Hall–Kier alpha value is -1.46. The number of hydrogen-bond donors (Lipinski definition) is 2. The highest BCUT2D eigenvalue weighted by Crippen LogP contribution is 2.54. The number of aliphatic hydroxyl groups is 1. The highest BCUT2D eigenvalue weighted by Gasteiger charge is 2.53. The molecule has 0 radical (unpaired) electrons. The Morgan fingerprint density at radius 3 is 2.63 bits per heavy atom. The molecule has 2 N–H and O–H groups in total. The summed E-state index contributed by atoms with van der Waals surface area (Å²) in [5.41, 5.74) is -0.134. The van der Waals surface area contributed by atoms with E-state index in [1.54, 1.807) is 12.1 Å². The fourth-order valence-corrected chi connectivity index (χ4v) is 5.80. The van der Waals surface area contributed by atoms with Gasteiger partial charge in [-0.2, -0.15) is 0 Å². The molecule has 1 saturated heterocycles. The first kappa shape index (κ1) is 18.9. The molecule has 0 bridgehead atoms. The summed E-state index contributed by atoms with van der Waals surface area (Å²) in [5, 5.41) is 20.7. The van der Waals surface area contributed by atoms with E-state index in [1.165, 1.54) is 57.1 Å². The quantitative estimate of drug-likeness (QED) is 0.844. The fourth-order valence-electron chi connectivity index (χ4n) is 5.80. The predicted molar refractivity (Wildman–Crippen MR) is 101 cm³/mol. The van der Waals surface area contributed by atoms with Gasteiger partial charge in [-0.15, -0.1) is 0 Å². The summed E-state index contributed by atoms with van der Waals surface area (Å²) < 4.78 is 13.6. The number of likely N-dealkylation sites (tertiary alicyclic amines) is 1. The maximum absolute atomic E-state index is 13.6. The van der Waals surface area contributed by atoms with E-state index in [0.717, 1.165) is 6.54 Å². The zero-order chi connectivity index (χ0) is 19.1. The molecular formula is C22H30FNO3. The number of carbonyl (C=O) groups is 1. The average molecular weight is 375 g/mol. The smallest absolute Gasteiger partial charge is 0.313 e. The van der Waals surface area contributed by atoms with Crippen molar-refractivity contribution in [2.75, 3.05) is 13.1 Å². The summed E-state index contributed by atoms with van der Waals surface area (Å²) >= 11 is 0. The number of aliphatic carboxylic acids is 1. The van der Waals surface area contributed by atoms with Gasteiger partial charge in [0.15, 0.2) is 0 Å². The Morgan fingerprint density at radius 1 is 1.22 bits per heavy atom. The molecule has 4 nitrogen and oxygen atoms in total. The molecule has 3 aliphatic rings. The van der Waals surface area contributed by atoms with Crippen molar-refractivity contribution in [3.63, 3.8) is 0 Å². The minimum Gasteiger partial charge on any atom is -0.481 e. The molecule has 0 amide bonds. The first-order valence-electron chi connectivity index (χ1n) is 10.3. The summed E-state index contributed by atoms with van der Waals surface area (Å²) in [7, 11) is 0. The van der Waals surface area contributed by atoms with E-state index in [0.29, 0.717) is 30.0 Å². The SMILES string of the molecule is O=C(O)[C@]1(Cc2cccc(F)c2)CN(C2CC3(CCCCC3)C2)CC[C@H]1O. The Bertz CT molecular complexity index is 695. The Balaban J connectivity index is 1.50. The fraction of sp³-hybridized carbons (Fsp3) is 0.682. The molecule has 1 aliphatic heterocycles. The van der Waals surface area contributed by atoms with Crippen molar-refractivity contribution in [2.45, 2.75) is 69.9 Å². The number of benzene rings is 1. The van der Waals surface area contributed by atoms with Gasteiger partial charge in [0.25, 0.3) is 0 Å². The van der Waals surface area contributed by atoms with Gasteiger partial charge in [0.2, 0.25) is 0 Å². The Morgan fingerprint density at radius 2 is 1.96 bits per heavy atom. The van der Waals surface area contributed by atoms with Gasteiger partial charge < -0.3 is 10.2 Å². The summed E-state index contributed by atoms with van der Waals surface area (Å²) in [6.45, 7) is 1.10. The van der Waals surface area contributed by atoms with Gasteiger partial charge in [-0.3, -0.25) is 9.69 Å². The molecule has 0 unspecified atom stereocenters. The van der Waals surface area contributed by atoms with Crippen LogP contribution >= 0.6 is 0 Å². The van der Waals surface area contributed by atoms with Crippen molar-refractivity contribution in [3.8, 4) is 0 Å². The van der Waals surface area contributed by atoms with Crippen LogP contribution in [0.15, 0.2) is 24.3 Å². The van der Waals surface area contributed by atoms with Crippen LogP contribution in [0.25, 0.3) is 0 Å². The molecule has 1 aromatic carbocycles. The number of aliphatic hydroxyl groups excluding tert-OH is 1. The second-order valence-corrected chi connectivity index (χ2v) is 9.17. The number of nitrogens with zero attached hydrogens (tertiary/aromatic N) is 1. The Kier molecular flexibility index (Phi) is 5.02. The largest absolute Gasteiger partial charge is 0.481 e. The van der Waals surface area contributed by atoms with Crippen LogP contribution in [0.1, 0.15) is 56.9 Å². The number of halogens is 1. The van der Waals surface area contributed by atoms with E-state index < -0.39 is 17.5 Å². The van der Waals surface area contributed by atoms with E-state index in [2.05, 4.69) is 4.90 Å². The second kappa shape index (κ2) is 7.17. The van der Waals surface area contributed by atoms with Crippen LogP contribution in [0.2, 0.25) is 0 Å². The lowest BCUT2D eigenvalue weighted by atomic mass is 9.57. The van der Waals surface area contributed by atoms with Gasteiger partial charge >= 0.3 is 5.97 Å². The molecule has 1 aromatic rings. The van der Waals surface area contributed by atoms with Gasteiger partial charge in [0.05, 0.1) is 6.10 Å². The molecule has 2 saturated carbocycles. The zero-order valence-corrected chi connectivity index (χ0v) is 15.9. The number of carboxylic acid groups (broad SMARTS) is 1. The van der Waals surface area contributed by atoms with Gasteiger partial charge in [0, 0.05) is 19.1 Å². The van der Waals surface area contributed by atoms with Crippen LogP contribution in [-0.4, -0.2) is 46.3 Å². The van der Waals surface area contributed by atoms with Crippen LogP contribution in [0.4, 0.5) is 4.39 Å². The van der Waals surface area contributed by atoms with Crippen molar-refractivity contribution < 1.29 is 19.4 Å². The average Bonchev–Trinajstić information content (AvgIpc) is 2.62. The van der Waals surface area contributed by atoms with Crippen molar-refractivity contribution >= 4 is 5.97 Å². The summed E-state index contributed by atoms with van der Waals surface area (Å²) in [6.07, 6.45) is 8.67.